The summed E-state index contributed by atoms with van der Waals surface area (Å²) in [4.78, 5) is 57.0. The summed E-state index contributed by atoms with van der Waals surface area (Å²) in [6.07, 6.45) is 18.4. The zero-order chi connectivity index (χ0) is 42.5. The smallest absolute Gasteiger partial charge is 0.302 e. The molecule has 0 aliphatic rings. The van der Waals surface area contributed by atoms with Crippen LogP contribution in [0.25, 0.3) is 0 Å². The van der Waals surface area contributed by atoms with E-state index in [1.54, 1.807) is 0 Å². The van der Waals surface area contributed by atoms with E-state index in [0.29, 0.717) is 12.8 Å². The van der Waals surface area contributed by atoms with Gasteiger partial charge >= 0.3 is 23.9 Å². The van der Waals surface area contributed by atoms with Gasteiger partial charge in [-0.3, -0.25) is 24.0 Å². The van der Waals surface area contributed by atoms with Gasteiger partial charge in [0.25, 0.3) is 0 Å². The lowest BCUT2D eigenvalue weighted by molar-refractivity contribution is -0.152. The number of esters is 4. The van der Waals surface area contributed by atoms with Crippen LogP contribution in [0, 0.1) is 10.8 Å². The second kappa shape index (κ2) is 32.8. The van der Waals surface area contributed by atoms with Gasteiger partial charge in [0.15, 0.2) is 5.78 Å². The van der Waals surface area contributed by atoms with E-state index in [-0.39, 0.29) is 77.8 Å². The third-order valence-corrected chi connectivity index (χ3v) is 10.2. The number of Topliss-reactive ketones (excluding diaryl/α,β-unsaturated/α-hetero) is 1. The number of ether oxygens (including phenoxy) is 4. The van der Waals surface area contributed by atoms with Crippen molar-refractivity contribution < 1.29 is 44.3 Å². The van der Waals surface area contributed by atoms with Gasteiger partial charge in [-0.1, -0.05) is 149 Å². The largest absolute Gasteiger partial charge is 0.465 e. The number of carbonyl (C=O) groups is 5. The van der Waals surface area contributed by atoms with Crippen molar-refractivity contribution in [1.82, 2.24) is 0 Å². The van der Waals surface area contributed by atoms with Gasteiger partial charge in [0.05, 0.1) is 26.4 Å². The maximum Gasteiger partial charge on any atom is 0.302 e. The SMILES string of the molecule is C.C.CCCCCCCC(=O)c1ccc(CCC(C)(COC(C)=O)COC(C)=O)cc1.CCCCCCCCc1ccc(CCC(C)(COC(C)=O)COC(C)=O)cc1.[2HH]. The van der Waals surface area contributed by atoms with Crippen LogP contribution in [0.5, 0.6) is 0 Å². The minimum absolute atomic E-state index is 0. The molecule has 0 radical (unpaired) electrons. The first kappa shape index (κ1) is 57.1. The van der Waals surface area contributed by atoms with Crippen molar-refractivity contribution in [1.29, 1.82) is 0 Å². The fourth-order valence-corrected chi connectivity index (χ4v) is 6.24. The average molecular weight is 830 g/mol. The van der Waals surface area contributed by atoms with Crippen molar-refractivity contribution in [3.63, 3.8) is 0 Å². The van der Waals surface area contributed by atoms with E-state index in [1.165, 1.54) is 96.6 Å². The molecule has 2 aromatic rings. The number of carbonyl (C=O) groups excluding carboxylic acids is 5. The molecular weight excluding hydrogens is 745 g/mol. The summed E-state index contributed by atoms with van der Waals surface area (Å²) in [6, 6.07) is 16.5. The van der Waals surface area contributed by atoms with Gasteiger partial charge < -0.3 is 18.9 Å². The molecule has 2 rings (SSSR count). The number of aryl methyl sites for hydroxylation is 3. The van der Waals surface area contributed by atoms with Crippen LogP contribution in [-0.2, 0) is 57.4 Å². The highest BCUT2D eigenvalue weighted by Gasteiger charge is 2.29. The molecule has 59 heavy (non-hydrogen) atoms. The molecule has 2 aromatic carbocycles. The lowest BCUT2D eigenvalue weighted by atomic mass is 9.85. The number of hydrogen-bond donors (Lipinski definition) is 0. The van der Waals surface area contributed by atoms with Crippen LogP contribution in [0.4, 0.5) is 0 Å². The van der Waals surface area contributed by atoms with Gasteiger partial charge in [-0.05, 0) is 61.6 Å². The normalized spacial score (nSPS) is 10.8. The van der Waals surface area contributed by atoms with Gasteiger partial charge in [0.2, 0.25) is 0 Å². The molecule has 0 unspecified atom stereocenters. The number of unbranched alkanes of at least 4 members (excludes halogenated alkanes) is 9. The van der Waals surface area contributed by atoms with Crippen molar-refractivity contribution in [2.75, 3.05) is 26.4 Å². The van der Waals surface area contributed by atoms with Gasteiger partial charge in [-0.2, -0.15) is 0 Å². The fourth-order valence-electron chi connectivity index (χ4n) is 6.24. The second-order valence-electron chi connectivity index (χ2n) is 16.4. The molecule has 0 atom stereocenters. The quantitative estimate of drug-likeness (QED) is 0.0357. The molecule has 9 nitrogen and oxygen atoms in total. The van der Waals surface area contributed by atoms with Crippen LogP contribution in [-0.4, -0.2) is 56.1 Å². The highest BCUT2D eigenvalue weighted by molar-refractivity contribution is 5.96. The first-order valence-electron chi connectivity index (χ1n) is 21.3. The second-order valence-corrected chi connectivity index (χ2v) is 16.4. The fraction of sp³-hybridized carbons (Fsp3) is 0.660. The Bertz CT molecular complexity index is 1420. The lowest BCUT2D eigenvalue weighted by Gasteiger charge is -2.28. The molecular formula is C50H84O9. The van der Waals surface area contributed by atoms with Crippen molar-refractivity contribution in [2.45, 2.75) is 179 Å². The van der Waals surface area contributed by atoms with E-state index in [9.17, 15) is 24.0 Å². The molecule has 0 saturated heterocycles. The van der Waals surface area contributed by atoms with Gasteiger partial charge in [0.1, 0.15) is 0 Å². The maximum absolute atomic E-state index is 12.3. The summed E-state index contributed by atoms with van der Waals surface area (Å²) in [5.41, 5.74) is 3.66. The molecule has 0 N–H and O–H groups in total. The average Bonchev–Trinajstić information content (AvgIpc) is 3.18. The van der Waals surface area contributed by atoms with E-state index in [4.69, 9.17) is 18.9 Å². The zero-order valence-corrected chi connectivity index (χ0v) is 36.6. The topological polar surface area (TPSA) is 122 Å². The Morgan fingerprint density at radius 1 is 0.458 bits per heavy atom. The number of ketones is 1. The predicted molar refractivity (Wildman–Crippen MR) is 243 cm³/mol. The van der Waals surface area contributed by atoms with Crippen molar-refractivity contribution in [3.05, 3.63) is 70.8 Å². The lowest BCUT2D eigenvalue weighted by Crippen LogP contribution is -2.31. The summed E-state index contributed by atoms with van der Waals surface area (Å²) in [5, 5.41) is 0. The third kappa shape index (κ3) is 29.0. The Morgan fingerprint density at radius 2 is 0.763 bits per heavy atom. The first-order valence-corrected chi connectivity index (χ1v) is 21.3. The first-order chi connectivity index (χ1) is 27.1. The monoisotopic (exact) mass is 830 g/mol. The molecule has 0 spiro atoms. The summed E-state index contributed by atoms with van der Waals surface area (Å²) < 4.78 is 20.7. The van der Waals surface area contributed by atoms with Crippen molar-refractivity contribution >= 4 is 29.7 Å². The molecule has 338 valence electrons. The maximum atomic E-state index is 12.3. The van der Waals surface area contributed by atoms with E-state index >= 15 is 0 Å². The van der Waals surface area contributed by atoms with Gasteiger partial charge in [-0.25, -0.2) is 0 Å². The number of hydrogen-bond acceptors (Lipinski definition) is 9. The van der Waals surface area contributed by atoms with Crippen LogP contribution >= 0.6 is 0 Å². The minimum Gasteiger partial charge on any atom is -0.465 e. The van der Waals surface area contributed by atoms with Crippen molar-refractivity contribution in [3.8, 4) is 0 Å². The molecule has 0 aliphatic carbocycles. The summed E-state index contributed by atoms with van der Waals surface area (Å²) in [7, 11) is 0. The van der Waals surface area contributed by atoms with E-state index in [0.717, 1.165) is 49.7 Å². The Kier molecular flexibility index (Phi) is 31.7. The molecule has 0 amide bonds. The molecule has 0 aromatic heterocycles. The van der Waals surface area contributed by atoms with Crippen LogP contribution in [0.15, 0.2) is 48.5 Å². The number of rotatable bonds is 28. The van der Waals surface area contributed by atoms with Crippen LogP contribution in [0.3, 0.4) is 0 Å². The Balaban J connectivity index is -0.00000103. The molecule has 0 aliphatic heterocycles. The summed E-state index contributed by atoms with van der Waals surface area (Å²) >= 11 is 0. The Hall–Kier alpha value is -4.01. The summed E-state index contributed by atoms with van der Waals surface area (Å²) in [5.74, 6) is -1.13. The Labute approximate surface area is 360 Å². The molecule has 0 saturated carbocycles. The molecule has 0 heterocycles. The highest BCUT2D eigenvalue weighted by atomic mass is 16.6. The van der Waals surface area contributed by atoms with Gasteiger partial charge in [-0.15, -0.1) is 0 Å². The third-order valence-electron chi connectivity index (χ3n) is 10.2. The molecule has 0 fully saturated rings. The predicted octanol–water partition coefficient (Wildman–Crippen LogP) is 12.5. The zero-order valence-electron chi connectivity index (χ0n) is 36.6. The van der Waals surface area contributed by atoms with Crippen molar-refractivity contribution in [2.24, 2.45) is 10.8 Å². The summed E-state index contributed by atoms with van der Waals surface area (Å²) in [6.45, 7) is 14.8. The molecule has 9 heteroatoms. The minimum atomic E-state index is -0.454. The van der Waals surface area contributed by atoms with E-state index in [1.807, 2.05) is 38.1 Å². The van der Waals surface area contributed by atoms with E-state index < -0.39 is 5.41 Å². The number of benzene rings is 2. The molecule has 0 bridgehead atoms. The van der Waals surface area contributed by atoms with Gasteiger partial charge in [0, 0.05) is 51.9 Å². The highest BCUT2D eigenvalue weighted by Crippen LogP contribution is 2.27. The standard InChI is InChI=1S/C24H36O5.C24H38O4.2CH4.H2/c1-5-6-7-8-9-10-23(27)22-13-11-21(12-14-22)15-16-24(4,17-28-19(2)25)18-29-20(3)26;1-5-6-7-8-9-10-11-22-12-14-23(15-13-22)16-17-24(4,18-27-20(2)25)19-28-21(3)26;;;/h11-14H,5-10,15-18H2,1-4H3;12-15H,5-11,16-19H2,1-4H3;2*1H4;1H/i;;;;1+1. The van der Waals surface area contributed by atoms with Crippen LogP contribution < -0.4 is 0 Å². The Morgan fingerprint density at radius 3 is 1.12 bits per heavy atom. The van der Waals surface area contributed by atoms with Crippen LogP contribution in [0.1, 0.15) is 189 Å². The van der Waals surface area contributed by atoms with Crippen LogP contribution in [0.2, 0.25) is 0 Å². The van der Waals surface area contributed by atoms with E-state index in [2.05, 4.69) is 38.1 Å².